The predicted octanol–water partition coefficient (Wildman–Crippen LogP) is 0.908. The lowest BCUT2D eigenvalue weighted by Crippen LogP contribution is -2.12. The van der Waals surface area contributed by atoms with Crippen LogP contribution >= 0.6 is 0 Å². The van der Waals surface area contributed by atoms with Crippen LogP contribution in [0.25, 0.3) is 5.65 Å². The molecule has 0 radical (unpaired) electrons. The lowest BCUT2D eigenvalue weighted by atomic mass is 10.2. The summed E-state index contributed by atoms with van der Waals surface area (Å²) in [4.78, 5) is 22.2. The molecule has 0 fully saturated rings. The van der Waals surface area contributed by atoms with Gasteiger partial charge >= 0.3 is 11.7 Å². The molecule has 0 aliphatic rings. The number of carboxylic acid groups (broad SMARTS) is 1. The molecule has 0 amide bonds. The largest absolute Gasteiger partial charge is 0.478 e. The van der Waals surface area contributed by atoms with Crippen molar-refractivity contribution in [3.8, 4) is 11.6 Å². The Labute approximate surface area is 111 Å². The Morgan fingerprint density at radius 1 is 1.30 bits per heavy atom. The Balaban J connectivity index is 1.96. The van der Waals surface area contributed by atoms with Crippen LogP contribution in [0.2, 0.25) is 0 Å². The van der Waals surface area contributed by atoms with Crippen LogP contribution in [0.5, 0.6) is 11.6 Å². The molecule has 100 valence electrons. The van der Waals surface area contributed by atoms with Crippen molar-refractivity contribution >= 4 is 11.6 Å². The van der Waals surface area contributed by atoms with Gasteiger partial charge in [0.15, 0.2) is 5.65 Å². The van der Waals surface area contributed by atoms with Gasteiger partial charge < -0.3 is 9.84 Å². The van der Waals surface area contributed by atoms with Crippen molar-refractivity contribution in [1.29, 1.82) is 0 Å². The summed E-state index contributed by atoms with van der Waals surface area (Å²) in [6, 6.07) is 9.06. The fraction of sp³-hybridized carbons (Fsp3) is 0. The summed E-state index contributed by atoms with van der Waals surface area (Å²) in [5.41, 5.74) is -0.0181. The monoisotopic (exact) mass is 272 g/mol. The SMILES string of the molecule is O=C(O)c1cccc(Oc2ccc3n[nH]c(=O)n3n2)c1. The quantitative estimate of drug-likeness (QED) is 0.733. The lowest BCUT2D eigenvalue weighted by molar-refractivity contribution is 0.0696. The second-order valence-electron chi connectivity index (χ2n) is 3.91. The van der Waals surface area contributed by atoms with E-state index in [1.54, 1.807) is 18.2 Å². The fourth-order valence-corrected chi connectivity index (χ4v) is 1.65. The highest BCUT2D eigenvalue weighted by Crippen LogP contribution is 2.20. The number of aromatic amines is 1. The van der Waals surface area contributed by atoms with E-state index < -0.39 is 11.7 Å². The van der Waals surface area contributed by atoms with Crippen LogP contribution in [-0.4, -0.2) is 30.9 Å². The minimum atomic E-state index is -1.05. The first-order valence-electron chi connectivity index (χ1n) is 5.59. The highest BCUT2D eigenvalue weighted by atomic mass is 16.5. The van der Waals surface area contributed by atoms with E-state index in [-0.39, 0.29) is 11.4 Å². The molecule has 0 spiro atoms. The molecule has 3 aromatic rings. The number of hydrogen-bond donors (Lipinski definition) is 2. The molecule has 0 saturated heterocycles. The van der Waals surface area contributed by atoms with E-state index in [9.17, 15) is 9.59 Å². The summed E-state index contributed by atoms with van der Waals surface area (Å²) in [6.07, 6.45) is 0. The molecule has 8 nitrogen and oxygen atoms in total. The summed E-state index contributed by atoms with van der Waals surface area (Å²) in [5.74, 6) is -0.582. The summed E-state index contributed by atoms with van der Waals surface area (Å²) in [7, 11) is 0. The molecule has 0 aliphatic carbocycles. The molecule has 20 heavy (non-hydrogen) atoms. The minimum absolute atomic E-state index is 0.101. The van der Waals surface area contributed by atoms with Crippen LogP contribution in [0.15, 0.2) is 41.2 Å². The van der Waals surface area contributed by atoms with E-state index in [0.29, 0.717) is 11.4 Å². The molecule has 2 N–H and O–H groups in total. The summed E-state index contributed by atoms with van der Waals surface area (Å²) in [5, 5.41) is 18.8. The zero-order valence-corrected chi connectivity index (χ0v) is 9.98. The van der Waals surface area contributed by atoms with Gasteiger partial charge in [-0.05, 0) is 24.3 Å². The Hall–Kier alpha value is -3.16. The number of H-pyrrole nitrogens is 1. The molecule has 0 atom stereocenters. The second kappa shape index (κ2) is 4.50. The molecule has 0 saturated carbocycles. The number of aromatic nitrogens is 4. The number of fused-ring (bicyclic) bond motifs is 1. The molecule has 2 heterocycles. The zero-order valence-electron chi connectivity index (χ0n) is 9.98. The van der Waals surface area contributed by atoms with Gasteiger partial charge in [0.1, 0.15) is 5.75 Å². The third-order valence-electron chi connectivity index (χ3n) is 2.55. The van der Waals surface area contributed by atoms with Gasteiger partial charge in [-0.15, -0.1) is 5.10 Å². The van der Waals surface area contributed by atoms with Crippen molar-refractivity contribution in [3.63, 3.8) is 0 Å². The molecule has 3 rings (SSSR count). The average molecular weight is 272 g/mol. The van der Waals surface area contributed by atoms with Crippen LogP contribution in [0, 0.1) is 0 Å². The minimum Gasteiger partial charge on any atom is -0.478 e. The van der Waals surface area contributed by atoms with Crippen LogP contribution in [-0.2, 0) is 0 Å². The van der Waals surface area contributed by atoms with E-state index >= 15 is 0 Å². The number of rotatable bonds is 3. The van der Waals surface area contributed by atoms with Crippen molar-refractivity contribution < 1.29 is 14.6 Å². The maximum atomic E-state index is 11.4. The maximum Gasteiger partial charge on any atom is 0.364 e. The van der Waals surface area contributed by atoms with Crippen molar-refractivity contribution in [3.05, 3.63) is 52.4 Å². The number of nitrogens with zero attached hydrogens (tertiary/aromatic N) is 3. The number of carbonyl (C=O) groups is 1. The topological polar surface area (TPSA) is 110 Å². The van der Waals surface area contributed by atoms with Crippen LogP contribution in [0.3, 0.4) is 0 Å². The Kier molecular flexibility index (Phi) is 2.68. The van der Waals surface area contributed by atoms with E-state index in [2.05, 4.69) is 15.3 Å². The molecule has 0 bridgehead atoms. The molecule has 0 unspecified atom stereocenters. The molecule has 2 aromatic heterocycles. The van der Waals surface area contributed by atoms with Gasteiger partial charge in [0.25, 0.3) is 0 Å². The summed E-state index contributed by atoms with van der Waals surface area (Å²) in [6.45, 7) is 0. The second-order valence-corrected chi connectivity index (χ2v) is 3.91. The Morgan fingerprint density at radius 3 is 2.95 bits per heavy atom. The van der Waals surface area contributed by atoms with E-state index in [1.807, 2.05) is 0 Å². The summed E-state index contributed by atoms with van der Waals surface area (Å²) < 4.78 is 6.48. The van der Waals surface area contributed by atoms with Gasteiger partial charge in [-0.25, -0.2) is 14.7 Å². The third-order valence-corrected chi connectivity index (χ3v) is 2.55. The highest BCUT2D eigenvalue weighted by Gasteiger charge is 2.07. The molecule has 8 heteroatoms. The fourth-order valence-electron chi connectivity index (χ4n) is 1.65. The average Bonchev–Trinajstić information content (AvgIpc) is 2.81. The van der Waals surface area contributed by atoms with Gasteiger partial charge in [0.2, 0.25) is 5.88 Å². The van der Waals surface area contributed by atoms with E-state index in [4.69, 9.17) is 9.84 Å². The lowest BCUT2D eigenvalue weighted by Gasteiger charge is -2.05. The van der Waals surface area contributed by atoms with Gasteiger partial charge in [-0.1, -0.05) is 6.07 Å². The number of carboxylic acids is 1. The first-order valence-corrected chi connectivity index (χ1v) is 5.59. The summed E-state index contributed by atoms with van der Waals surface area (Å²) >= 11 is 0. The Bertz CT molecular complexity index is 852. The van der Waals surface area contributed by atoms with Gasteiger partial charge in [-0.3, -0.25) is 0 Å². The molecule has 0 aliphatic heterocycles. The smallest absolute Gasteiger partial charge is 0.364 e. The predicted molar refractivity (Wildman–Crippen MR) is 67.1 cm³/mol. The van der Waals surface area contributed by atoms with Crippen LogP contribution < -0.4 is 10.4 Å². The molecular formula is C12H8N4O4. The van der Waals surface area contributed by atoms with Crippen LogP contribution in [0.1, 0.15) is 10.4 Å². The zero-order chi connectivity index (χ0) is 14.1. The van der Waals surface area contributed by atoms with Gasteiger partial charge in [0.05, 0.1) is 5.56 Å². The van der Waals surface area contributed by atoms with Gasteiger partial charge in [0, 0.05) is 6.07 Å². The normalized spacial score (nSPS) is 10.6. The maximum absolute atomic E-state index is 11.4. The number of ether oxygens (including phenoxy) is 1. The third kappa shape index (κ3) is 2.09. The van der Waals surface area contributed by atoms with Crippen molar-refractivity contribution in [1.82, 2.24) is 19.8 Å². The van der Waals surface area contributed by atoms with Crippen LogP contribution in [0.4, 0.5) is 0 Å². The van der Waals surface area contributed by atoms with Crippen molar-refractivity contribution in [2.45, 2.75) is 0 Å². The van der Waals surface area contributed by atoms with Crippen molar-refractivity contribution in [2.75, 3.05) is 0 Å². The van der Waals surface area contributed by atoms with E-state index in [0.717, 1.165) is 4.52 Å². The highest BCUT2D eigenvalue weighted by molar-refractivity contribution is 5.88. The molecular weight excluding hydrogens is 264 g/mol. The Morgan fingerprint density at radius 2 is 2.15 bits per heavy atom. The van der Waals surface area contributed by atoms with E-state index in [1.165, 1.54) is 18.2 Å². The van der Waals surface area contributed by atoms with Gasteiger partial charge in [-0.2, -0.15) is 9.61 Å². The van der Waals surface area contributed by atoms with Crippen molar-refractivity contribution in [2.24, 2.45) is 0 Å². The first kappa shape index (κ1) is 11.9. The molecule has 1 aromatic carbocycles. The number of aromatic carboxylic acids is 1. The standard InChI is InChI=1S/C12H8N4O4/c17-11(18)7-2-1-3-8(6-7)20-10-5-4-9-13-14-12(19)16(9)15-10/h1-6H,(H,14,19)(H,17,18). The first-order chi connectivity index (χ1) is 9.63. The number of benzene rings is 1. The number of nitrogens with one attached hydrogen (secondary N) is 1. The number of hydrogen-bond acceptors (Lipinski definition) is 5.